The highest BCUT2D eigenvalue weighted by molar-refractivity contribution is 5.77. The molecule has 0 bridgehead atoms. The molecule has 112 valence electrons. The third kappa shape index (κ3) is 5.61. The van der Waals surface area contributed by atoms with E-state index >= 15 is 0 Å². The predicted molar refractivity (Wildman–Crippen MR) is 80.1 cm³/mol. The Balaban J connectivity index is 2.43. The van der Waals surface area contributed by atoms with Crippen LogP contribution >= 0.6 is 0 Å². The van der Waals surface area contributed by atoms with Crippen molar-refractivity contribution in [2.75, 3.05) is 26.9 Å². The van der Waals surface area contributed by atoms with Gasteiger partial charge in [0.15, 0.2) is 6.61 Å². The summed E-state index contributed by atoms with van der Waals surface area (Å²) in [7, 11) is 1.65. The highest BCUT2D eigenvalue weighted by Gasteiger charge is 2.10. The fraction of sp³-hybridized carbons (Fsp3) is 0.562. The minimum atomic E-state index is -0.0972. The van der Waals surface area contributed by atoms with E-state index < -0.39 is 0 Å². The van der Waals surface area contributed by atoms with E-state index in [9.17, 15) is 4.79 Å². The lowest BCUT2D eigenvalue weighted by molar-refractivity contribution is -0.123. The molecule has 1 aromatic carbocycles. The topological polar surface area (TPSA) is 47.6 Å². The third-order valence-electron chi connectivity index (χ3n) is 3.27. The molecule has 1 amide bonds. The zero-order valence-electron chi connectivity index (χ0n) is 12.6. The summed E-state index contributed by atoms with van der Waals surface area (Å²) in [4.78, 5) is 11.7. The van der Waals surface area contributed by atoms with Gasteiger partial charge in [-0.1, -0.05) is 32.0 Å². The molecular formula is C16H25NO3. The first kappa shape index (κ1) is 16.5. The molecule has 4 heteroatoms. The SMILES string of the molecule is CCC(C)c1ccccc1OCC(=O)NCCCOC. The van der Waals surface area contributed by atoms with Gasteiger partial charge in [0.05, 0.1) is 0 Å². The number of methoxy groups -OCH3 is 1. The van der Waals surface area contributed by atoms with E-state index in [0.717, 1.165) is 24.2 Å². The number of carbonyl (C=O) groups is 1. The molecular weight excluding hydrogens is 254 g/mol. The van der Waals surface area contributed by atoms with Crippen LogP contribution in [0, 0.1) is 0 Å². The fourth-order valence-electron chi connectivity index (χ4n) is 1.88. The van der Waals surface area contributed by atoms with Gasteiger partial charge in [-0.3, -0.25) is 4.79 Å². The molecule has 1 aromatic rings. The van der Waals surface area contributed by atoms with Gasteiger partial charge in [0.2, 0.25) is 0 Å². The Morgan fingerprint density at radius 1 is 1.35 bits per heavy atom. The standard InChI is InChI=1S/C16H25NO3/c1-4-13(2)14-8-5-6-9-15(14)20-12-16(18)17-10-7-11-19-3/h5-6,8-9,13H,4,7,10-12H2,1-3H3,(H,17,18). The van der Waals surface area contributed by atoms with Crippen molar-refractivity contribution in [2.45, 2.75) is 32.6 Å². The van der Waals surface area contributed by atoms with E-state index in [0.29, 0.717) is 19.1 Å². The van der Waals surface area contributed by atoms with Crippen LogP contribution in [0.4, 0.5) is 0 Å². The van der Waals surface area contributed by atoms with E-state index in [1.165, 1.54) is 0 Å². The molecule has 0 fully saturated rings. The van der Waals surface area contributed by atoms with Crippen LogP contribution in [0.15, 0.2) is 24.3 Å². The number of rotatable bonds is 9. The van der Waals surface area contributed by atoms with Gasteiger partial charge in [0.25, 0.3) is 5.91 Å². The fourth-order valence-corrected chi connectivity index (χ4v) is 1.88. The van der Waals surface area contributed by atoms with Crippen molar-refractivity contribution >= 4 is 5.91 Å². The summed E-state index contributed by atoms with van der Waals surface area (Å²) >= 11 is 0. The Kier molecular flexibility index (Phi) is 7.73. The highest BCUT2D eigenvalue weighted by atomic mass is 16.5. The van der Waals surface area contributed by atoms with Crippen LogP contribution in [0.3, 0.4) is 0 Å². The average molecular weight is 279 g/mol. The highest BCUT2D eigenvalue weighted by Crippen LogP contribution is 2.28. The molecule has 0 saturated heterocycles. The molecule has 0 aromatic heterocycles. The first-order chi connectivity index (χ1) is 9.69. The maximum Gasteiger partial charge on any atom is 0.257 e. The lowest BCUT2D eigenvalue weighted by Gasteiger charge is -2.15. The number of para-hydroxylation sites is 1. The van der Waals surface area contributed by atoms with Crippen molar-refractivity contribution in [1.29, 1.82) is 0 Å². The lowest BCUT2D eigenvalue weighted by atomic mass is 9.98. The average Bonchev–Trinajstić information content (AvgIpc) is 2.49. The Hall–Kier alpha value is -1.55. The summed E-state index contributed by atoms with van der Waals surface area (Å²) in [6.07, 6.45) is 1.86. The van der Waals surface area contributed by atoms with E-state index in [1.54, 1.807) is 7.11 Å². The molecule has 0 radical (unpaired) electrons. The number of benzene rings is 1. The molecule has 0 spiro atoms. The molecule has 20 heavy (non-hydrogen) atoms. The number of amides is 1. The van der Waals surface area contributed by atoms with Crippen molar-refractivity contribution in [3.63, 3.8) is 0 Å². The molecule has 0 saturated carbocycles. The first-order valence-electron chi connectivity index (χ1n) is 7.16. The molecule has 4 nitrogen and oxygen atoms in total. The van der Waals surface area contributed by atoms with Gasteiger partial charge >= 0.3 is 0 Å². The van der Waals surface area contributed by atoms with Crippen LogP contribution in [0.5, 0.6) is 5.75 Å². The smallest absolute Gasteiger partial charge is 0.257 e. The van der Waals surface area contributed by atoms with Crippen LogP contribution in [0.1, 0.15) is 38.2 Å². The number of nitrogens with one attached hydrogen (secondary N) is 1. The number of ether oxygens (including phenoxy) is 2. The zero-order valence-corrected chi connectivity index (χ0v) is 12.6. The third-order valence-corrected chi connectivity index (χ3v) is 3.27. The molecule has 0 aliphatic rings. The second kappa shape index (κ2) is 9.37. The number of hydrogen-bond acceptors (Lipinski definition) is 3. The molecule has 1 unspecified atom stereocenters. The maximum absolute atomic E-state index is 11.7. The lowest BCUT2D eigenvalue weighted by Crippen LogP contribution is -2.30. The summed E-state index contributed by atoms with van der Waals surface area (Å²) in [5, 5.41) is 2.81. The normalized spacial score (nSPS) is 11.9. The largest absolute Gasteiger partial charge is 0.483 e. The first-order valence-corrected chi connectivity index (χ1v) is 7.16. The zero-order chi connectivity index (χ0) is 14.8. The van der Waals surface area contributed by atoms with Gasteiger partial charge in [0.1, 0.15) is 5.75 Å². The van der Waals surface area contributed by atoms with Gasteiger partial charge in [-0.25, -0.2) is 0 Å². The number of hydrogen-bond donors (Lipinski definition) is 1. The monoisotopic (exact) mass is 279 g/mol. The summed E-state index contributed by atoms with van der Waals surface area (Å²) < 4.78 is 10.6. The second-order valence-corrected chi connectivity index (χ2v) is 4.83. The van der Waals surface area contributed by atoms with Gasteiger partial charge in [-0.15, -0.1) is 0 Å². The summed E-state index contributed by atoms with van der Waals surface area (Å²) in [6.45, 7) is 5.62. The minimum absolute atomic E-state index is 0.0560. The Labute approximate surface area is 121 Å². The van der Waals surface area contributed by atoms with E-state index in [2.05, 4.69) is 25.2 Å². The van der Waals surface area contributed by atoms with Crippen LogP contribution in [0.2, 0.25) is 0 Å². The van der Waals surface area contributed by atoms with Gasteiger partial charge < -0.3 is 14.8 Å². The molecule has 1 atom stereocenters. The maximum atomic E-state index is 11.7. The minimum Gasteiger partial charge on any atom is -0.483 e. The summed E-state index contributed by atoms with van der Waals surface area (Å²) in [6, 6.07) is 7.90. The van der Waals surface area contributed by atoms with Gasteiger partial charge in [-0.2, -0.15) is 0 Å². The Morgan fingerprint density at radius 3 is 2.80 bits per heavy atom. The molecule has 0 aliphatic heterocycles. The molecule has 0 heterocycles. The van der Waals surface area contributed by atoms with Crippen molar-refractivity contribution < 1.29 is 14.3 Å². The second-order valence-electron chi connectivity index (χ2n) is 4.83. The molecule has 1 N–H and O–H groups in total. The quantitative estimate of drug-likeness (QED) is 0.707. The Bertz CT molecular complexity index is 406. The van der Waals surface area contributed by atoms with Crippen LogP contribution in [-0.2, 0) is 9.53 Å². The van der Waals surface area contributed by atoms with Crippen LogP contribution < -0.4 is 10.1 Å². The summed E-state index contributed by atoms with van der Waals surface area (Å²) in [5.74, 6) is 1.13. The summed E-state index contributed by atoms with van der Waals surface area (Å²) in [5.41, 5.74) is 1.15. The van der Waals surface area contributed by atoms with Crippen molar-refractivity contribution in [2.24, 2.45) is 0 Å². The van der Waals surface area contributed by atoms with Crippen molar-refractivity contribution in [3.05, 3.63) is 29.8 Å². The van der Waals surface area contributed by atoms with E-state index in [-0.39, 0.29) is 12.5 Å². The van der Waals surface area contributed by atoms with Gasteiger partial charge in [0, 0.05) is 20.3 Å². The Morgan fingerprint density at radius 2 is 2.10 bits per heavy atom. The van der Waals surface area contributed by atoms with Gasteiger partial charge in [-0.05, 0) is 30.4 Å². The van der Waals surface area contributed by atoms with Crippen LogP contribution in [0.25, 0.3) is 0 Å². The number of carbonyl (C=O) groups excluding carboxylic acids is 1. The van der Waals surface area contributed by atoms with E-state index in [4.69, 9.17) is 9.47 Å². The predicted octanol–water partition coefficient (Wildman–Crippen LogP) is 2.73. The van der Waals surface area contributed by atoms with E-state index in [1.807, 2.05) is 18.2 Å². The molecule has 1 rings (SSSR count). The molecule has 0 aliphatic carbocycles. The van der Waals surface area contributed by atoms with Crippen molar-refractivity contribution in [3.8, 4) is 5.75 Å². The van der Waals surface area contributed by atoms with Crippen LogP contribution in [-0.4, -0.2) is 32.8 Å². The van der Waals surface area contributed by atoms with Crippen molar-refractivity contribution in [1.82, 2.24) is 5.32 Å².